The zero-order valence-corrected chi connectivity index (χ0v) is 11.4. The second kappa shape index (κ2) is 6.24. The maximum atomic E-state index is 5.25. The van der Waals surface area contributed by atoms with Gasteiger partial charge in [-0.2, -0.15) is 10.2 Å². The molecule has 2 N–H and O–H groups in total. The smallest absolute Gasteiger partial charge is 0.150 e. The Morgan fingerprint density at radius 3 is 2.11 bits per heavy atom. The summed E-state index contributed by atoms with van der Waals surface area (Å²) in [6.07, 6.45) is 3.76. The number of nitrogens with zero attached hydrogens (tertiary/aromatic N) is 5. The fourth-order valence-corrected chi connectivity index (χ4v) is 1.80. The minimum Gasteiger partial charge on any atom is -0.382 e. The van der Waals surface area contributed by atoms with Crippen LogP contribution in [0.15, 0.2) is 24.5 Å². The van der Waals surface area contributed by atoms with Crippen LogP contribution >= 0.6 is 0 Å². The van der Waals surface area contributed by atoms with Crippen LogP contribution in [0.1, 0.15) is 0 Å². The highest BCUT2D eigenvalue weighted by Crippen LogP contribution is 2.11. The number of anilines is 2. The van der Waals surface area contributed by atoms with Crippen molar-refractivity contribution in [2.24, 2.45) is 14.1 Å². The topological polar surface area (TPSA) is 74.1 Å². The highest BCUT2D eigenvalue weighted by Gasteiger charge is 2.12. The molecule has 7 nitrogen and oxygen atoms in total. The van der Waals surface area contributed by atoms with Gasteiger partial charge in [0.15, 0.2) is 5.82 Å². The van der Waals surface area contributed by atoms with Crippen LogP contribution in [0.2, 0.25) is 0 Å². The summed E-state index contributed by atoms with van der Waals surface area (Å²) in [5.74, 6) is 1.63. The number of nitrogen functional groups attached to an aromatic ring is 1. The first-order valence-electron chi connectivity index (χ1n) is 6.22. The number of rotatable bonds is 1. The van der Waals surface area contributed by atoms with Gasteiger partial charge < -0.3 is 15.4 Å². The summed E-state index contributed by atoms with van der Waals surface area (Å²) in [5, 5.41) is 8.13. The number of ether oxygens (including phenoxy) is 1. The molecule has 7 heteroatoms. The first kappa shape index (κ1) is 13.4. The van der Waals surface area contributed by atoms with Gasteiger partial charge in [-0.1, -0.05) is 0 Å². The van der Waals surface area contributed by atoms with Gasteiger partial charge in [-0.15, -0.1) is 0 Å². The summed E-state index contributed by atoms with van der Waals surface area (Å²) < 4.78 is 8.74. The monoisotopic (exact) mass is 264 g/mol. The molecule has 0 bridgehead atoms. The van der Waals surface area contributed by atoms with E-state index in [-0.39, 0.29) is 0 Å². The molecule has 0 radical (unpaired) electrons. The Morgan fingerprint density at radius 2 is 1.68 bits per heavy atom. The van der Waals surface area contributed by atoms with E-state index in [0.29, 0.717) is 5.82 Å². The van der Waals surface area contributed by atoms with Crippen molar-refractivity contribution in [2.45, 2.75) is 0 Å². The van der Waals surface area contributed by atoms with E-state index >= 15 is 0 Å². The summed E-state index contributed by atoms with van der Waals surface area (Å²) >= 11 is 0. The van der Waals surface area contributed by atoms with Gasteiger partial charge in [0, 0.05) is 45.6 Å². The van der Waals surface area contributed by atoms with Crippen molar-refractivity contribution in [3.63, 3.8) is 0 Å². The Kier molecular flexibility index (Phi) is 4.40. The normalized spacial score (nSPS) is 14.9. The molecular weight excluding hydrogens is 244 g/mol. The minimum absolute atomic E-state index is 0.572. The van der Waals surface area contributed by atoms with E-state index in [1.54, 1.807) is 16.9 Å². The van der Waals surface area contributed by atoms with Crippen molar-refractivity contribution < 1.29 is 4.74 Å². The quantitative estimate of drug-likeness (QED) is 0.799. The predicted octanol–water partition coefficient (Wildman–Crippen LogP) is 0.259. The van der Waals surface area contributed by atoms with Gasteiger partial charge >= 0.3 is 0 Å². The molecule has 0 spiro atoms. The Labute approximate surface area is 112 Å². The highest BCUT2D eigenvalue weighted by molar-refractivity contribution is 5.36. The third-order valence-electron chi connectivity index (χ3n) is 2.77. The molecule has 0 unspecified atom stereocenters. The van der Waals surface area contributed by atoms with Gasteiger partial charge in [0.2, 0.25) is 0 Å². The van der Waals surface area contributed by atoms with Crippen LogP contribution in [0, 0.1) is 0 Å². The van der Waals surface area contributed by atoms with Crippen LogP contribution in [0.5, 0.6) is 0 Å². The molecule has 1 fully saturated rings. The number of aryl methyl sites for hydroxylation is 2. The molecule has 104 valence electrons. The summed E-state index contributed by atoms with van der Waals surface area (Å²) in [7, 11) is 3.76. The molecule has 2 aromatic rings. The van der Waals surface area contributed by atoms with Crippen molar-refractivity contribution in [3.8, 4) is 0 Å². The van der Waals surface area contributed by atoms with E-state index in [9.17, 15) is 0 Å². The molecule has 0 aliphatic carbocycles. The lowest BCUT2D eigenvalue weighted by atomic mass is 10.4. The Hall–Kier alpha value is -2.02. The molecule has 1 aliphatic rings. The first-order chi connectivity index (χ1) is 9.15. The van der Waals surface area contributed by atoms with E-state index in [0.717, 1.165) is 32.1 Å². The van der Waals surface area contributed by atoms with Gasteiger partial charge in [-0.25, -0.2) is 0 Å². The number of morpholine rings is 1. The van der Waals surface area contributed by atoms with E-state index in [1.165, 1.54) is 0 Å². The van der Waals surface area contributed by atoms with E-state index < -0.39 is 0 Å². The molecule has 1 saturated heterocycles. The van der Waals surface area contributed by atoms with E-state index in [1.807, 2.05) is 31.0 Å². The standard InChI is InChI=1S/C8H13N3O.C4H7N3/c1-10-3-2-8(9-10)11-4-6-12-7-5-11;1-7-3-2-4(5)6-7/h2-3H,4-7H2,1H3;2-3H,1H3,(H2,5,6). The largest absolute Gasteiger partial charge is 0.382 e. The molecule has 3 rings (SSSR count). The van der Waals surface area contributed by atoms with Gasteiger partial charge in [-0.3, -0.25) is 9.36 Å². The van der Waals surface area contributed by atoms with Crippen molar-refractivity contribution in [3.05, 3.63) is 24.5 Å². The lowest BCUT2D eigenvalue weighted by Crippen LogP contribution is -2.36. The lowest BCUT2D eigenvalue weighted by Gasteiger charge is -2.26. The molecule has 0 atom stereocenters. The van der Waals surface area contributed by atoms with Crippen molar-refractivity contribution in [1.29, 1.82) is 0 Å². The Morgan fingerprint density at radius 1 is 1.05 bits per heavy atom. The molecule has 2 aromatic heterocycles. The zero-order valence-electron chi connectivity index (χ0n) is 11.4. The summed E-state index contributed by atoms with van der Waals surface area (Å²) in [5.41, 5.74) is 5.25. The average Bonchev–Trinajstić information content (AvgIpc) is 3.00. The van der Waals surface area contributed by atoms with Crippen molar-refractivity contribution >= 4 is 11.6 Å². The number of nitrogens with two attached hydrogens (primary N) is 1. The SMILES string of the molecule is Cn1ccc(N)n1.Cn1ccc(N2CCOCC2)n1. The number of hydrogen-bond donors (Lipinski definition) is 1. The molecular formula is C12H20N6O. The molecule has 0 amide bonds. The number of hydrogen-bond acceptors (Lipinski definition) is 5. The van der Waals surface area contributed by atoms with Crippen LogP contribution in [-0.2, 0) is 18.8 Å². The van der Waals surface area contributed by atoms with Crippen LogP contribution in [0.4, 0.5) is 11.6 Å². The molecule has 0 aromatic carbocycles. The van der Waals surface area contributed by atoms with Gasteiger partial charge in [0.05, 0.1) is 13.2 Å². The van der Waals surface area contributed by atoms with Crippen LogP contribution in [0.25, 0.3) is 0 Å². The van der Waals surface area contributed by atoms with E-state index in [2.05, 4.69) is 15.1 Å². The van der Waals surface area contributed by atoms with Crippen molar-refractivity contribution in [2.75, 3.05) is 36.9 Å². The molecule has 19 heavy (non-hydrogen) atoms. The second-order valence-electron chi connectivity index (χ2n) is 4.36. The van der Waals surface area contributed by atoms with Crippen LogP contribution in [0.3, 0.4) is 0 Å². The third-order valence-corrected chi connectivity index (χ3v) is 2.77. The first-order valence-corrected chi connectivity index (χ1v) is 6.22. The van der Waals surface area contributed by atoms with Gasteiger partial charge in [0.25, 0.3) is 0 Å². The van der Waals surface area contributed by atoms with Crippen LogP contribution < -0.4 is 10.6 Å². The zero-order chi connectivity index (χ0) is 13.7. The lowest BCUT2D eigenvalue weighted by molar-refractivity contribution is 0.122. The van der Waals surface area contributed by atoms with Crippen LogP contribution in [-0.4, -0.2) is 45.9 Å². The molecule has 3 heterocycles. The summed E-state index contributed by atoms with van der Waals surface area (Å²) in [6.45, 7) is 3.54. The maximum Gasteiger partial charge on any atom is 0.150 e. The van der Waals surface area contributed by atoms with E-state index in [4.69, 9.17) is 10.5 Å². The molecule has 1 aliphatic heterocycles. The number of aromatic nitrogens is 4. The summed E-state index contributed by atoms with van der Waals surface area (Å²) in [6, 6.07) is 3.78. The Balaban J connectivity index is 0.000000163. The highest BCUT2D eigenvalue weighted by atomic mass is 16.5. The fraction of sp³-hybridized carbons (Fsp3) is 0.500. The summed E-state index contributed by atoms with van der Waals surface area (Å²) in [4.78, 5) is 2.24. The van der Waals surface area contributed by atoms with Gasteiger partial charge in [-0.05, 0) is 6.07 Å². The third kappa shape index (κ3) is 3.99. The minimum atomic E-state index is 0.572. The average molecular weight is 264 g/mol. The fourth-order valence-electron chi connectivity index (χ4n) is 1.80. The second-order valence-corrected chi connectivity index (χ2v) is 4.36. The molecule has 0 saturated carbocycles. The maximum absolute atomic E-state index is 5.25. The van der Waals surface area contributed by atoms with Gasteiger partial charge in [0.1, 0.15) is 5.82 Å². The van der Waals surface area contributed by atoms with Crippen molar-refractivity contribution in [1.82, 2.24) is 19.6 Å². The Bertz CT molecular complexity index is 483. The predicted molar refractivity (Wildman–Crippen MR) is 73.9 cm³/mol.